The molecule has 4 aromatic heterocycles. The molecule has 344 valence electrons. The number of carbonyl (C=O) groups is 3. The summed E-state index contributed by atoms with van der Waals surface area (Å²) in [5.41, 5.74) is 2.39. The summed E-state index contributed by atoms with van der Waals surface area (Å²) in [6.45, 7) is 8.18. The second kappa shape index (κ2) is 16.9. The van der Waals surface area contributed by atoms with Gasteiger partial charge in [0.15, 0.2) is 11.3 Å². The van der Waals surface area contributed by atoms with Crippen molar-refractivity contribution in [2.45, 2.75) is 94.5 Å². The molecular weight excluding hydrogens is 841 g/mol. The summed E-state index contributed by atoms with van der Waals surface area (Å²) in [5, 5.41) is 13.7. The van der Waals surface area contributed by atoms with Crippen LogP contribution in [0.2, 0.25) is 0 Å². The lowest BCUT2D eigenvalue weighted by Gasteiger charge is -2.44. The number of hydrogen-bond donors (Lipinski definition) is 2. The van der Waals surface area contributed by atoms with Crippen LogP contribution in [-0.2, 0) is 21.4 Å². The van der Waals surface area contributed by atoms with Crippen LogP contribution in [-0.4, -0.2) is 138 Å². The standard InChI is InChI=1S/C45H55F2N13O5/c1-53-40-34(3-2-4-35(40)60(45(53)64)36-9-10-38(61)51-44(36)63)56-14-11-28(12-15-56)55-19-17-54(18-20-55)23-27-5-7-29(8-6-27)59-25-33(39(52-59)41(46)47)49-43(62)32-22-48-58-16-13-37(50-42(32)58)57-24-31-21-30(57)26-65-31/h2-4,13,16,22,25,27-31,36,41H,5-12,14-15,17-21,23-24,26H2,1H3,(H,49,62)(H,51,61,63)/t27?,29?,30-,31-,36?/m1/s1. The summed E-state index contributed by atoms with van der Waals surface area (Å²) in [4.78, 5) is 66.1. The molecule has 9 heterocycles. The van der Waals surface area contributed by atoms with Gasteiger partial charge in [0, 0.05) is 84.3 Å². The molecule has 3 amide bonds. The summed E-state index contributed by atoms with van der Waals surface area (Å²) >= 11 is 0. The molecule has 2 N–H and O–H groups in total. The topological polar surface area (TPSA) is 172 Å². The summed E-state index contributed by atoms with van der Waals surface area (Å²) in [6, 6.07) is 7.75. The molecule has 65 heavy (non-hydrogen) atoms. The third-order valence-corrected chi connectivity index (χ3v) is 15.0. The molecular formula is C45H55F2N13O5. The van der Waals surface area contributed by atoms with Gasteiger partial charge < -0.3 is 24.8 Å². The van der Waals surface area contributed by atoms with Crippen LogP contribution < -0.4 is 26.1 Å². The predicted molar refractivity (Wildman–Crippen MR) is 236 cm³/mol. The van der Waals surface area contributed by atoms with Crippen molar-refractivity contribution >= 4 is 51.6 Å². The van der Waals surface area contributed by atoms with E-state index in [0.717, 1.165) is 114 Å². The Kier molecular flexibility index (Phi) is 10.9. The van der Waals surface area contributed by atoms with Crippen LogP contribution in [0.5, 0.6) is 0 Å². The van der Waals surface area contributed by atoms with Crippen molar-refractivity contribution in [3.8, 4) is 0 Å². The van der Waals surface area contributed by atoms with E-state index in [-0.39, 0.29) is 47.5 Å². The number of imidazole rings is 1. The Bertz CT molecular complexity index is 2690. The lowest BCUT2D eigenvalue weighted by Crippen LogP contribution is -2.54. The van der Waals surface area contributed by atoms with E-state index in [9.17, 15) is 28.0 Å². The van der Waals surface area contributed by atoms with Gasteiger partial charge in [-0.25, -0.2) is 23.1 Å². The number of rotatable bonds is 10. The highest BCUT2D eigenvalue weighted by molar-refractivity contribution is 6.08. The van der Waals surface area contributed by atoms with Crippen LogP contribution in [0.15, 0.2) is 47.7 Å². The van der Waals surface area contributed by atoms with Crippen molar-refractivity contribution < 1.29 is 27.9 Å². The second-order valence-electron chi connectivity index (χ2n) is 18.8. The van der Waals surface area contributed by atoms with Gasteiger partial charge in [0.05, 0.1) is 53.4 Å². The number of piperazine rings is 1. The Morgan fingerprint density at radius 1 is 0.954 bits per heavy atom. The van der Waals surface area contributed by atoms with E-state index in [4.69, 9.17) is 9.72 Å². The van der Waals surface area contributed by atoms with Crippen LogP contribution >= 0.6 is 0 Å². The van der Waals surface area contributed by atoms with Crippen molar-refractivity contribution in [2.75, 3.05) is 74.1 Å². The average molecular weight is 896 g/mol. The van der Waals surface area contributed by atoms with Gasteiger partial charge >= 0.3 is 5.69 Å². The fourth-order valence-electron chi connectivity index (χ4n) is 11.5. The Morgan fingerprint density at radius 2 is 1.75 bits per heavy atom. The molecule has 2 bridgehead atoms. The lowest BCUT2D eigenvalue weighted by atomic mass is 9.85. The van der Waals surface area contributed by atoms with Gasteiger partial charge in [0.25, 0.3) is 12.3 Å². The van der Waals surface area contributed by atoms with Crippen LogP contribution in [0, 0.1) is 5.92 Å². The van der Waals surface area contributed by atoms with E-state index in [0.29, 0.717) is 36.2 Å². The molecule has 0 radical (unpaired) electrons. The summed E-state index contributed by atoms with van der Waals surface area (Å²) in [5.74, 6) is -0.0401. The molecule has 1 saturated carbocycles. The van der Waals surface area contributed by atoms with Crippen LogP contribution in [0.25, 0.3) is 16.7 Å². The number of hydrogen-bond acceptors (Lipinski definition) is 12. The molecule has 0 spiro atoms. The monoisotopic (exact) mass is 895 g/mol. The molecule has 6 aliphatic rings. The number of aryl methyl sites for hydroxylation is 1. The molecule has 20 heteroatoms. The first kappa shape index (κ1) is 41.9. The molecule has 18 nitrogen and oxygen atoms in total. The van der Waals surface area contributed by atoms with Crippen molar-refractivity contribution in [1.82, 2.24) is 48.6 Å². The molecule has 6 fully saturated rings. The molecule has 5 saturated heterocycles. The lowest BCUT2D eigenvalue weighted by molar-refractivity contribution is -0.135. The van der Waals surface area contributed by atoms with Gasteiger partial charge in [-0.15, -0.1) is 0 Å². The smallest absolute Gasteiger partial charge is 0.329 e. The molecule has 3 atom stereocenters. The average Bonchev–Trinajstić information content (AvgIpc) is 4.17. The van der Waals surface area contributed by atoms with Gasteiger partial charge in [-0.1, -0.05) is 6.07 Å². The van der Waals surface area contributed by atoms with Crippen molar-refractivity contribution in [2.24, 2.45) is 13.0 Å². The third kappa shape index (κ3) is 7.75. The number of nitrogens with one attached hydrogen (secondary N) is 2. The quantitative estimate of drug-likeness (QED) is 0.195. The van der Waals surface area contributed by atoms with Crippen LogP contribution in [0.4, 0.5) is 26.0 Å². The zero-order chi connectivity index (χ0) is 44.5. The summed E-state index contributed by atoms with van der Waals surface area (Å²) < 4.78 is 40.8. The van der Waals surface area contributed by atoms with Gasteiger partial charge in [-0.05, 0) is 75.5 Å². The number of piperidine rings is 2. The highest BCUT2D eigenvalue weighted by atomic mass is 19.3. The van der Waals surface area contributed by atoms with E-state index in [1.54, 1.807) is 33.3 Å². The minimum absolute atomic E-state index is 0.00575. The van der Waals surface area contributed by atoms with Crippen molar-refractivity contribution in [1.29, 1.82) is 0 Å². The van der Waals surface area contributed by atoms with E-state index in [1.807, 2.05) is 18.2 Å². The van der Waals surface area contributed by atoms with Gasteiger partial charge in [-0.2, -0.15) is 10.2 Å². The summed E-state index contributed by atoms with van der Waals surface area (Å²) in [7, 11) is 1.75. The number of alkyl halides is 2. The Labute approximate surface area is 373 Å². The fraction of sp³-hybridized carbons (Fsp3) is 0.578. The number of amides is 3. The van der Waals surface area contributed by atoms with E-state index in [1.165, 1.54) is 10.7 Å². The number of anilines is 3. The van der Waals surface area contributed by atoms with E-state index >= 15 is 0 Å². The van der Waals surface area contributed by atoms with Crippen LogP contribution in [0.3, 0.4) is 0 Å². The Morgan fingerprint density at radius 3 is 2.48 bits per heavy atom. The van der Waals surface area contributed by atoms with Gasteiger partial charge in [-0.3, -0.25) is 38.4 Å². The number of imide groups is 1. The van der Waals surface area contributed by atoms with Gasteiger partial charge in [0.2, 0.25) is 11.8 Å². The number of nitrogens with zero attached hydrogens (tertiary/aromatic N) is 11. The highest BCUT2D eigenvalue weighted by Gasteiger charge is 2.40. The number of fused-ring (bicyclic) bond motifs is 4. The maximum atomic E-state index is 14.3. The SMILES string of the molecule is Cn1c(=O)n(C2CCC(=O)NC2=O)c2cccc(N3CCC(N4CCN(CC5CCC(n6cc(NC(=O)c7cnn8ccc(N9C[C@H]%10C[C@@H]9CO%10)nc78)c(C(F)F)n6)CC5)CC4)CC3)c21. The normalized spacial score (nSPS) is 26.0. The van der Waals surface area contributed by atoms with Crippen molar-refractivity contribution in [3.05, 3.63) is 64.6 Å². The van der Waals surface area contributed by atoms with E-state index < -0.39 is 30.0 Å². The second-order valence-corrected chi connectivity index (χ2v) is 18.8. The number of carbonyl (C=O) groups excluding carboxylic acids is 3. The minimum Gasteiger partial charge on any atom is -0.374 e. The number of ether oxygens (including phenoxy) is 1. The molecule has 11 rings (SSSR count). The first-order valence-corrected chi connectivity index (χ1v) is 23.2. The zero-order valence-corrected chi connectivity index (χ0v) is 36.5. The number of morpholine rings is 1. The zero-order valence-electron chi connectivity index (χ0n) is 36.5. The largest absolute Gasteiger partial charge is 0.374 e. The molecule has 5 aromatic rings. The number of benzene rings is 1. The molecule has 5 aliphatic heterocycles. The minimum atomic E-state index is -2.85. The Balaban J connectivity index is 0.663. The maximum absolute atomic E-state index is 14.3. The molecule has 1 aliphatic carbocycles. The molecule has 1 aromatic carbocycles. The Hall–Kier alpha value is -5.73. The number of halogens is 2. The highest BCUT2D eigenvalue weighted by Crippen LogP contribution is 2.37. The fourth-order valence-corrected chi connectivity index (χ4v) is 11.5. The predicted octanol–water partition coefficient (Wildman–Crippen LogP) is 3.74. The number of para-hydroxylation sites is 1. The maximum Gasteiger partial charge on any atom is 0.329 e. The first-order chi connectivity index (χ1) is 31.6. The van der Waals surface area contributed by atoms with Crippen molar-refractivity contribution in [3.63, 3.8) is 0 Å². The first-order valence-electron chi connectivity index (χ1n) is 23.2. The third-order valence-electron chi connectivity index (χ3n) is 15.0. The number of aromatic nitrogens is 7. The van der Waals surface area contributed by atoms with Gasteiger partial charge in [0.1, 0.15) is 17.4 Å². The summed E-state index contributed by atoms with van der Waals surface area (Å²) in [6.07, 6.45) is 9.17. The molecule has 1 unspecified atom stereocenters. The van der Waals surface area contributed by atoms with Crippen LogP contribution in [0.1, 0.15) is 92.3 Å². The van der Waals surface area contributed by atoms with E-state index in [2.05, 4.69) is 46.5 Å².